The van der Waals surface area contributed by atoms with Crippen LogP contribution in [0.1, 0.15) is 26.3 Å². The lowest BCUT2D eigenvalue weighted by Crippen LogP contribution is -2.32. The van der Waals surface area contributed by atoms with Gasteiger partial charge in [-0.1, -0.05) is 66.7 Å². The number of fused-ring (bicyclic) bond motifs is 1. The molecule has 156 valence electrons. The van der Waals surface area contributed by atoms with Crippen LogP contribution in [-0.4, -0.2) is 21.7 Å². The Bertz CT molecular complexity index is 1200. The van der Waals surface area contributed by atoms with E-state index in [1.54, 1.807) is 0 Å². The van der Waals surface area contributed by atoms with Crippen molar-refractivity contribution in [3.05, 3.63) is 84.4 Å². The number of ether oxygens (including phenoxy) is 1. The maximum Gasteiger partial charge on any atom is 0.407 e. The van der Waals surface area contributed by atoms with Crippen LogP contribution in [0.4, 0.5) is 4.79 Å². The van der Waals surface area contributed by atoms with Gasteiger partial charge in [0, 0.05) is 17.7 Å². The Labute approximate surface area is 182 Å². The molecule has 0 radical (unpaired) electrons. The molecule has 0 aliphatic heterocycles. The van der Waals surface area contributed by atoms with Crippen molar-refractivity contribution < 1.29 is 9.53 Å². The Morgan fingerprint density at radius 3 is 1.84 bits per heavy atom. The van der Waals surface area contributed by atoms with Crippen LogP contribution in [0.25, 0.3) is 33.5 Å². The molecule has 1 amide bonds. The second kappa shape index (κ2) is 8.56. The molecule has 1 heterocycles. The molecule has 0 bridgehead atoms. The van der Waals surface area contributed by atoms with Gasteiger partial charge in [0.25, 0.3) is 0 Å². The number of benzene rings is 3. The first kappa shape index (κ1) is 20.5. The lowest BCUT2D eigenvalue weighted by molar-refractivity contribution is 0.0523. The summed E-state index contributed by atoms with van der Waals surface area (Å²) in [6, 6.07) is 26.0. The molecular formula is C26H25N3O2. The van der Waals surface area contributed by atoms with Gasteiger partial charge >= 0.3 is 6.09 Å². The van der Waals surface area contributed by atoms with Crippen molar-refractivity contribution in [2.24, 2.45) is 0 Å². The molecule has 5 heteroatoms. The lowest BCUT2D eigenvalue weighted by atomic mass is 10.0. The summed E-state index contributed by atoms with van der Waals surface area (Å²) < 4.78 is 5.29. The smallest absolute Gasteiger partial charge is 0.407 e. The Morgan fingerprint density at radius 2 is 1.29 bits per heavy atom. The lowest BCUT2D eigenvalue weighted by Gasteiger charge is -2.19. The molecule has 0 unspecified atom stereocenters. The summed E-state index contributed by atoms with van der Waals surface area (Å²) in [5.74, 6) is 0. The van der Waals surface area contributed by atoms with Crippen molar-refractivity contribution in [1.82, 2.24) is 15.3 Å². The zero-order chi connectivity index (χ0) is 21.8. The Hall–Kier alpha value is -3.73. The van der Waals surface area contributed by atoms with Crippen molar-refractivity contribution in [3.63, 3.8) is 0 Å². The zero-order valence-corrected chi connectivity index (χ0v) is 17.9. The molecular weight excluding hydrogens is 386 g/mol. The summed E-state index contributed by atoms with van der Waals surface area (Å²) in [5.41, 5.74) is 5.84. The minimum Gasteiger partial charge on any atom is -0.444 e. The van der Waals surface area contributed by atoms with Gasteiger partial charge in [-0.15, -0.1) is 0 Å². The normalized spacial score (nSPS) is 11.3. The average Bonchev–Trinajstić information content (AvgIpc) is 2.77. The fraction of sp³-hybridized carbons (Fsp3) is 0.192. The van der Waals surface area contributed by atoms with Gasteiger partial charge in [0.05, 0.1) is 22.4 Å². The Kier molecular flexibility index (Phi) is 5.67. The van der Waals surface area contributed by atoms with E-state index in [0.717, 1.165) is 39.1 Å². The van der Waals surface area contributed by atoms with Crippen molar-refractivity contribution in [2.45, 2.75) is 32.9 Å². The topological polar surface area (TPSA) is 64.1 Å². The SMILES string of the molecule is CC(C)(C)OC(=O)NCc1ccc(-c2nc3ccccc3nc2-c2ccccc2)cc1. The predicted octanol–water partition coefficient (Wildman–Crippen LogP) is 5.99. The molecule has 0 atom stereocenters. The van der Waals surface area contributed by atoms with Crippen LogP contribution in [-0.2, 0) is 11.3 Å². The van der Waals surface area contributed by atoms with Gasteiger partial charge in [-0.05, 0) is 38.5 Å². The van der Waals surface area contributed by atoms with E-state index in [0.29, 0.717) is 6.54 Å². The predicted molar refractivity (Wildman–Crippen MR) is 123 cm³/mol. The third-order valence-corrected chi connectivity index (χ3v) is 4.68. The number of amides is 1. The highest BCUT2D eigenvalue weighted by Crippen LogP contribution is 2.31. The summed E-state index contributed by atoms with van der Waals surface area (Å²) in [4.78, 5) is 21.7. The van der Waals surface area contributed by atoms with Crippen molar-refractivity contribution in [1.29, 1.82) is 0 Å². The van der Waals surface area contributed by atoms with Crippen LogP contribution < -0.4 is 5.32 Å². The van der Waals surface area contributed by atoms with Crippen LogP contribution in [0.2, 0.25) is 0 Å². The molecule has 0 aliphatic carbocycles. The maximum atomic E-state index is 11.9. The number of hydrogen-bond acceptors (Lipinski definition) is 4. The van der Waals surface area contributed by atoms with E-state index in [1.165, 1.54) is 0 Å². The first-order valence-electron chi connectivity index (χ1n) is 10.3. The van der Waals surface area contributed by atoms with E-state index in [9.17, 15) is 4.79 Å². The number of para-hydroxylation sites is 2. The number of alkyl carbamates (subject to hydrolysis) is 1. The minimum atomic E-state index is -0.517. The second-order valence-corrected chi connectivity index (χ2v) is 8.33. The minimum absolute atomic E-state index is 0.393. The highest BCUT2D eigenvalue weighted by molar-refractivity contribution is 5.86. The summed E-state index contributed by atoms with van der Waals surface area (Å²) in [6.45, 7) is 5.92. The van der Waals surface area contributed by atoms with Crippen LogP contribution in [0, 0.1) is 0 Å². The Morgan fingerprint density at radius 1 is 0.774 bits per heavy atom. The molecule has 5 nitrogen and oxygen atoms in total. The van der Waals surface area contributed by atoms with E-state index in [-0.39, 0.29) is 0 Å². The monoisotopic (exact) mass is 411 g/mol. The molecule has 0 fully saturated rings. The molecule has 31 heavy (non-hydrogen) atoms. The van der Waals surface area contributed by atoms with E-state index in [2.05, 4.69) is 5.32 Å². The van der Waals surface area contributed by atoms with Crippen molar-refractivity contribution in [2.75, 3.05) is 0 Å². The van der Waals surface area contributed by atoms with Gasteiger partial charge in [-0.2, -0.15) is 0 Å². The van der Waals surface area contributed by atoms with Gasteiger partial charge in [0.2, 0.25) is 0 Å². The number of hydrogen-bond donors (Lipinski definition) is 1. The average molecular weight is 412 g/mol. The van der Waals surface area contributed by atoms with E-state index in [1.807, 2.05) is 99.6 Å². The number of carbonyl (C=O) groups excluding carboxylic acids is 1. The first-order chi connectivity index (χ1) is 14.9. The molecule has 0 saturated heterocycles. The van der Waals surface area contributed by atoms with Crippen molar-refractivity contribution in [3.8, 4) is 22.5 Å². The zero-order valence-electron chi connectivity index (χ0n) is 17.9. The fourth-order valence-corrected chi connectivity index (χ4v) is 3.27. The van der Waals surface area contributed by atoms with Crippen LogP contribution in [0.5, 0.6) is 0 Å². The van der Waals surface area contributed by atoms with E-state index in [4.69, 9.17) is 14.7 Å². The van der Waals surface area contributed by atoms with E-state index >= 15 is 0 Å². The number of nitrogens with one attached hydrogen (secondary N) is 1. The molecule has 4 rings (SSSR count). The van der Waals surface area contributed by atoms with Crippen LogP contribution in [0.3, 0.4) is 0 Å². The molecule has 3 aromatic carbocycles. The third kappa shape index (κ3) is 5.07. The van der Waals surface area contributed by atoms with Crippen molar-refractivity contribution >= 4 is 17.1 Å². The maximum absolute atomic E-state index is 11.9. The summed E-state index contributed by atoms with van der Waals surface area (Å²) in [6.07, 6.45) is -0.427. The first-order valence-corrected chi connectivity index (χ1v) is 10.3. The standard InChI is InChI=1S/C26H25N3O2/c1-26(2,3)31-25(30)27-17-18-13-15-20(16-14-18)24-23(19-9-5-4-6-10-19)28-21-11-7-8-12-22(21)29-24/h4-16H,17H2,1-3H3,(H,27,30). The number of nitrogens with zero attached hydrogens (tertiary/aromatic N) is 2. The largest absolute Gasteiger partial charge is 0.444 e. The Balaban J connectivity index is 1.63. The molecule has 1 N–H and O–H groups in total. The molecule has 4 aromatic rings. The van der Waals surface area contributed by atoms with Gasteiger partial charge < -0.3 is 10.1 Å². The summed E-state index contributed by atoms with van der Waals surface area (Å²) in [7, 11) is 0. The van der Waals surface area contributed by atoms with Gasteiger partial charge in [-0.25, -0.2) is 14.8 Å². The van der Waals surface area contributed by atoms with Crippen LogP contribution in [0.15, 0.2) is 78.9 Å². The summed E-state index contributed by atoms with van der Waals surface area (Å²) in [5, 5.41) is 2.79. The number of rotatable bonds is 4. The number of aromatic nitrogens is 2. The highest BCUT2D eigenvalue weighted by Gasteiger charge is 2.16. The molecule has 0 aliphatic rings. The van der Waals surface area contributed by atoms with Gasteiger partial charge in [0.15, 0.2) is 0 Å². The molecule has 0 spiro atoms. The van der Waals surface area contributed by atoms with Crippen LogP contribution >= 0.6 is 0 Å². The third-order valence-electron chi connectivity index (χ3n) is 4.68. The van der Waals surface area contributed by atoms with E-state index < -0.39 is 11.7 Å². The molecule has 0 saturated carbocycles. The fourth-order valence-electron chi connectivity index (χ4n) is 3.27. The number of carbonyl (C=O) groups is 1. The summed E-state index contributed by atoms with van der Waals surface area (Å²) >= 11 is 0. The quantitative estimate of drug-likeness (QED) is 0.448. The highest BCUT2D eigenvalue weighted by atomic mass is 16.6. The van der Waals surface area contributed by atoms with Gasteiger partial charge in [0.1, 0.15) is 5.60 Å². The van der Waals surface area contributed by atoms with Gasteiger partial charge in [-0.3, -0.25) is 0 Å². The molecule has 1 aromatic heterocycles. The second-order valence-electron chi connectivity index (χ2n) is 8.33.